The first kappa shape index (κ1) is 15.8. The summed E-state index contributed by atoms with van der Waals surface area (Å²) in [4.78, 5) is 11.6. The van der Waals surface area contributed by atoms with E-state index in [0.29, 0.717) is 23.9 Å². The molecule has 4 nitrogen and oxygen atoms in total. The van der Waals surface area contributed by atoms with E-state index in [1.165, 1.54) is 11.8 Å². The second-order valence-electron chi connectivity index (χ2n) is 4.21. The van der Waals surface area contributed by atoms with E-state index in [1.807, 2.05) is 18.2 Å². The monoisotopic (exact) mass is 325 g/mol. The summed E-state index contributed by atoms with van der Waals surface area (Å²) < 4.78 is 10.7. The Hall–Kier alpha value is -1.59. The third-order valence-corrected chi connectivity index (χ3v) is 3.72. The summed E-state index contributed by atoms with van der Waals surface area (Å²) in [7, 11) is 0. The van der Waals surface area contributed by atoms with Gasteiger partial charge in [0.05, 0.1) is 25.2 Å². The molecule has 0 spiro atoms. The van der Waals surface area contributed by atoms with Gasteiger partial charge in [-0.05, 0) is 30.3 Å². The fourth-order valence-corrected chi connectivity index (χ4v) is 2.40. The number of benzene rings is 1. The first-order valence-electron chi connectivity index (χ1n) is 6.49. The van der Waals surface area contributed by atoms with Gasteiger partial charge in [-0.3, -0.25) is 4.79 Å². The predicted molar refractivity (Wildman–Crippen MR) is 84.8 cm³/mol. The molecule has 0 aliphatic heterocycles. The number of carbonyl (C=O) groups is 1. The summed E-state index contributed by atoms with van der Waals surface area (Å²) >= 11 is 7.38. The number of hydrogen-bond acceptors (Lipinski definition) is 4. The predicted octanol–water partition coefficient (Wildman–Crippen LogP) is 3.36. The Morgan fingerprint density at radius 2 is 2.24 bits per heavy atom. The summed E-state index contributed by atoms with van der Waals surface area (Å²) in [5.74, 6) is 2.61. The van der Waals surface area contributed by atoms with Crippen molar-refractivity contribution in [1.82, 2.24) is 5.32 Å². The number of furan rings is 1. The minimum absolute atomic E-state index is 0.0147. The van der Waals surface area contributed by atoms with Gasteiger partial charge in [0, 0.05) is 10.8 Å². The normalized spacial score (nSPS) is 10.3. The molecule has 1 heterocycles. The smallest absolute Gasteiger partial charge is 0.230 e. The van der Waals surface area contributed by atoms with Crippen LogP contribution >= 0.6 is 23.4 Å². The van der Waals surface area contributed by atoms with Crippen LogP contribution in [-0.2, 0) is 11.3 Å². The van der Waals surface area contributed by atoms with Crippen molar-refractivity contribution in [1.29, 1.82) is 0 Å². The van der Waals surface area contributed by atoms with E-state index < -0.39 is 0 Å². The largest absolute Gasteiger partial charge is 0.493 e. The molecule has 0 atom stereocenters. The van der Waals surface area contributed by atoms with Crippen LogP contribution in [0.2, 0.25) is 5.02 Å². The maximum atomic E-state index is 11.6. The second-order valence-corrected chi connectivity index (χ2v) is 5.76. The Kier molecular flexibility index (Phi) is 6.50. The van der Waals surface area contributed by atoms with Gasteiger partial charge >= 0.3 is 0 Å². The van der Waals surface area contributed by atoms with E-state index in [9.17, 15) is 4.79 Å². The van der Waals surface area contributed by atoms with Crippen LogP contribution in [0.3, 0.4) is 0 Å². The summed E-state index contributed by atoms with van der Waals surface area (Å²) in [6.45, 7) is 0.960. The highest BCUT2D eigenvalue weighted by Crippen LogP contribution is 2.17. The number of ether oxygens (including phenoxy) is 1. The van der Waals surface area contributed by atoms with Crippen molar-refractivity contribution in [2.24, 2.45) is 0 Å². The van der Waals surface area contributed by atoms with Gasteiger partial charge in [-0.2, -0.15) is 0 Å². The fraction of sp³-hybridized carbons (Fsp3) is 0.267. The van der Waals surface area contributed by atoms with Crippen LogP contribution in [0.25, 0.3) is 0 Å². The number of amides is 1. The molecule has 1 aromatic carbocycles. The maximum absolute atomic E-state index is 11.6. The van der Waals surface area contributed by atoms with Crippen molar-refractivity contribution in [3.05, 3.63) is 53.4 Å². The maximum Gasteiger partial charge on any atom is 0.230 e. The van der Waals surface area contributed by atoms with E-state index in [-0.39, 0.29) is 5.91 Å². The molecule has 0 aliphatic carbocycles. The molecule has 0 fully saturated rings. The lowest BCUT2D eigenvalue weighted by Gasteiger charge is -2.06. The molecule has 0 unspecified atom stereocenters. The topological polar surface area (TPSA) is 51.5 Å². The molecule has 0 radical (unpaired) electrons. The Morgan fingerprint density at radius 1 is 1.33 bits per heavy atom. The van der Waals surface area contributed by atoms with Crippen molar-refractivity contribution in [3.8, 4) is 5.75 Å². The molecule has 1 aromatic heterocycles. The number of halogens is 1. The van der Waals surface area contributed by atoms with Crippen LogP contribution in [0.4, 0.5) is 0 Å². The third-order valence-electron chi connectivity index (χ3n) is 2.57. The van der Waals surface area contributed by atoms with E-state index in [4.69, 9.17) is 20.8 Å². The van der Waals surface area contributed by atoms with Crippen LogP contribution in [-0.4, -0.2) is 24.0 Å². The second kappa shape index (κ2) is 8.64. The van der Waals surface area contributed by atoms with Crippen molar-refractivity contribution >= 4 is 29.3 Å². The Morgan fingerprint density at radius 3 is 3.00 bits per heavy atom. The summed E-state index contributed by atoms with van der Waals surface area (Å²) in [6, 6.07) is 10.9. The average molecular weight is 326 g/mol. The lowest BCUT2D eigenvalue weighted by atomic mass is 10.3. The standard InChI is InChI=1S/C15H16ClNO3S/c16-12-3-1-4-13(9-12)20-7-8-21-11-15(18)17-10-14-5-2-6-19-14/h1-6,9H,7-8,10-11H2,(H,17,18). The van der Waals surface area contributed by atoms with Crippen molar-refractivity contribution in [3.63, 3.8) is 0 Å². The summed E-state index contributed by atoms with van der Waals surface area (Å²) in [5, 5.41) is 3.44. The molecule has 2 rings (SSSR count). The minimum atomic E-state index is -0.0147. The van der Waals surface area contributed by atoms with E-state index >= 15 is 0 Å². The first-order chi connectivity index (χ1) is 10.2. The molecular weight excluding hydrogens is 310 g/mol. The van der Waals surface area contributed by atoms with Gasteiger partial charge in [0.1, 0.15) is 11.5 Å². The highest BCUT2D eigenvalue weighted by atomic mass is 35.5. The van der Waals surface area contributed by atoms with Crippen molar-refractivity contribution in [2.45, 2.75) is 6.54 Å². The summed E-state index contributed by atoms with van der Waals surface area (Å²) in [5.41, 5.74) is 0. The highest BCUT2D eigenvalue weighted by Gasteiger charge is 2.03. The Bertz CT molecular complexity index is 560. The molecule has 112 valence electrons. The van der Waals surface area contributed by atoms with E-state index in [0.717, 1.165) is 17.3 Å². The van der Waals surface area contributed by atoms with Gasteiger partial charge in [0.2, 0.25) is 5.91 Å². The molecule has 0 saturated heterocycles. The molecular formula is C15H16ClNO3S. The average Bonchev–Trinajstić information content (AvgIpc) is 2.98. The lowest BCUT2D eigenvalue weighted by Crippen LogP contribution is -2.24. The number of hydrogen-bond donors (Lipinski definition) is 1. The van der Waals surface area contributed by atoms with Crippen molar-refractivity contribution < 1.29 is 13.9 Å². The van der Waals surface area contributed by atoms with Gasteiger partial charge in [-0.25, -0.2) is 0 Å². The van der Waals surface area contributed by atoms with Gasteiger partial charge < -0.3 is 14.5 Å². The molecule has 0 bridgehead atoms. The Labute approximate surface area is 132 Å². The van der Waals surface area contributed by atoms with Gasteiger partial charge in [0.25, 0.3) is 0 Å². The molecule has 1 N–H and O–H groups in total. The number of rotatable bonds is 8. The van der Waals surface area contributed by atoms with Crippen LogP contribution in [0.15, 0.2) is 47.1 Å². The highest BCUT2D eigenvalue weighted by molar-refractivity contribution is 7.99. The molecule has 0 aliphatic rings. The zero-order valence-electron chi connectivity index (χ0n) is 11.4. The molecule has 0 saturated carbocycles. The zero-order valence-corrected chi connectivity index (χ0v) is 13.0. The van der Waals surface area contributed by atoms with Gasteiger partial charge in [0.15, 0.2) is 0 Å². The lowest BCUT2D eigenvalue weighted by molar-refractivity contribution is -0.118. The first-order valence-corrected chi connectivity index (χ1v) is 8.02. The van der Waals surface area contributed by atoms with Gasteiger partial charge in [-0.1, -0.05) is 17.7 Å². The van der Waals surface area contributed by atoms with Crippen LogP contribution in [0, 0.1) is 0 Å². The van der Waals surface area contributed by atoms with E-state index in [2.05, 4.69) is 5.32 Å². The quantitative estimate of drug-likeness (QED) is 0.756. The number of carbonyl (C=O) groups excluding carboxylic acids is 1. The fourth-order valence-electron chi connectivity index (χ4n) is 1.59. The molecule has 1 amide bonds. The molecule has 6 heteroatoms. The SMILES string of the molecule is O=C(CSCCOc1cccc(Cl)c1)NCc1ccco1. The number of nitrogens with one attached hydrogen (secondary N) is 1. The van der Waals surface area contributed by atoms with E-state index in [1.54, 1.807) is 24.5 Å². The van der Waals surface area contributed by atoms with Crippen molar-refractivity contribution in [2.75, 3.05) is 18.1 Å². The zero-order chi connectivity index (χ0) is 14.9. The minimum Gasteiger partial charge on any atom is -0.493 e. The summed E-state index contributed by atoms with van der Waals surface area (Å²) in [6.07, 6.45) is 1.59. The molecule has 2 aromatic rings. The Balaban J connectivity index is 1.54. The van der Waals surface area contributed by atoms with Crippen LogP contribution in [0.1, 0.15) is 5.76 Å². The number of thioether (sulfide) groups is 1. The molecule has 21 heavy (non-hydrogen) atoms. The third kappa shape index (κ3) is 6.14. The van der Waals surface area contributed by atoms with Crippen LogP contribution in [0.5, 0.6) is 5.75 Å². The van der Waals surface area contributed by atoms with Gasteiger partial charge in [-0.15, -0.1) is 11.8 Å². The van der Waals surface area contributed by atoms with Crippen LogP contribution < -0.4 is 10.1 Å².